The van der Waals surface area contributed by atoms with Crippen LogP contribution < -0.4 is 5.32 Å². The lowest BCUT2D eigenvalue weighted by Crippen LogP contribution is -2.40. The Labute approximate surface area is 201 Å². The van der Waals surface area contributed by atoms with Crippen molar-refractivity contribution < 1.29 is 13.6 Å². The molecule has 1 aliphatic heterocycles. The fourth-order valence-corrected chi connectivity index (χ4v) is 6.23. The minimum Gasteiger partial charge on any atom is -0.468 e. The zero-order chi connectivity index (χ0) is 22.6. The van der Waals surface area contributed by atoms with E-state index in [0.29, 0.717) is 18.1 Å². The van der Waals surface area contributed by atoms with Gasteiger partial charge in [-0.3, -0.25) is 9.69 Å². The molecule has 0 saturated carbocycles. The maximum atomic E-state index is 13.3. The number of nitrogens with zero attached hydrogens (tertiary/aromatic N) is 2. The summed E-state index contributed by atoms with van der Waals surface area (Å²) in [5, 5.41) is 6.15. The lowest BCUT2D eigenvalue weighted by atomic mass is 10.1. The average molecular weight is 482 g/mol. The predicted octanol–water partition coefficient (Wildman–Crippen LogP) is 6.04. The van der Waals surface area contributed by atoms with Crippen molar-refractivity contribution >= 4 is 40.0 Å². The van der Waals surface area contributed by atoms with Crippen LogP contribution in [0.4, 0.5) is 0 Å². The highest BCUT2D eigenvalue weighted by Crippen LogP contribution is 2.33. The topological polar surface area (TPSA) is 71.5 Å². The molecule has 0 bridgehead atoms. The number of rotatable bonds is 8. The van der Waals surface area contributed by atoms with Gasteiger partial charge in [-0.15, -0.1) is 11.3 Å². The maximum absolute atomic E-state index is 13.3. The first-order chi connectivity index (χ1) is 16.2. The zero-order valence-corrected chi connectivity index (χ0v) is 20.2. The molecule has 0 spiro atoms. The smallest absolute Gasteiger partial charge is 0.287 e. The molecule has 1 saturated heterocycles. The molecule has 1 amide bonds. The summed E-state index contributed by atoms with van der Waals surface area (Å²) in [7, 11) is 0. The second-order valence-corrected chi connectivity index (χ2v) is 10.4. The number of thioether (sulfide) groups is 1. The second kappa shape index (κ2) is 10.2. The SMILES string of the molecule is Cc1csc(SCc2c(C(=O)NCC(c3ccco3)N3CCCCC3)oc3ccccc23)n1. The highest BCUT2D eigenvalue weighted by Gasteiger charge is 2.27. The van der Waals surface area contributed by atoms with Crippen LogP contribution in [0.25, 0.3) is 11.0 Å². The van der Waals surface area contributed by atoms with Crippen molar-refractivity contribution in [3.05, 3.63) is 70.8 Å². The molecular weight excluding hydrogens is 454 g/mol. The molecule has 0 radical (unpaired) electrons. The van der Waals surface area contributed by atoms with Crippen molar-refractivity contribution in [2.75, 3.05) is 19.6 Å². The van der Waals surface area contributed by atoms with E-state index in [0.717, 1.165) is 45.4 Å². The maximum Gasteiger partial charge on any atom is 0.287 e. The number of fused-ring (bicyclic) bond motifs is 1. The van der Waals surface area contributed by atoms with Gasteiger partial charge in [0.2, 0.25) is 0 Å². The van der Waals surface area contributed by atoms with Gasteiger partial charge in [-0.1, -0.05) is 36.4 Å². The zero-order valence-electron chi connectivity index (χ0n) is 18.6. The molecular formula is C25H27N3O3S2. The number of hydrogen-bond donors (Lipinski definition) is 1. The number of para-hydroxylation sites is 1. The largest absolute Gasteiger partial charge is 0.468 e. The number of likely N-dealkylation sites (tertiary alicyclic amines) is 1. The molecule has 0 aliphatic carbocycles. The summed E-state index contributed by atoms with van der Waals surface area (Å²) >= 11 is 3.26. The van der Waals surface area contributed by atoms with Gasteiger partial charge in [0.15, 0.2) is 5.76 Å². The summed E-state index contributed by atoms with van der Waals surface area (Å²) in [5.74, 6) is 1.71. The monoisotopic (exact) mass is 481 g/mol. The van der Waals surface area contributed by atoms with Crippen molar-refractivity contribution in [3.8, 4) is 0 Å². The molecule has 8 heteroatoms. The Hall–Kier alpha value is -2.55. The van der Waals surface area contributed by atoms with Gasteiger partial charge in [0.1, 0.15) is 15.7 Å². The molecule has 1 atom stereocenters. The van der Waals surface area contributed by atoms with Gasteiger partial charge in [0.25, 0.3) is 5.91 Å². The molecule has 6 nitrogen and oxygen atoms in total. The molecule has 1 aromatic carbocycles. The molecule has 1 N–H and O–H groups in total. The van der Waals surface area contributed by atoms with Gasteiger partial charge < -0.3 is 14.2 Å². The lowest BCUT2D eigenvalue weighted by Gasteiger charge is -2.33. The first-order valence-electron chi connectivity index (χ1n) is 11.3. The summed E-state index contributed by atoms with van der Waals surface area (Å²) in [6.45, 7) is 4.49. The number of hydrogen-bond acceptors (Lipinski definition) is 7. The first kappa shape index (κ1) is 22.3. The summed E-state index contributed by atoms with van der Waals surface area (Å²) in [6.07, 6.45) is 5.30. The number of carbonyl (C=O) groups excluding carboxylic acids is 1. The van der Waals surface area contributed by atoms with E-state index in [-0.39, 0.29) is 11.9 Å². The molecule has 3 aromatic heterocycles. The van der Waals surface area contributed by atoms with E-state index in [1.807, 2.05) is 48.7 Å². The standard InChI is InChI=1S/C25H27N3O3S2/c1-17-15-32-25(27-17)33-16-19-18-8-3-4-9-21(18)31-23(19)24(29)26-14-20(22-10-7-13-30-22)28-11-5-2-6-12-28/h3-4,7-10,13,15,20H,2,5-6,11-12,14,16H2,1H3,(H,26,29). The van der Waals surface area contributed by atoms with Crippen LogP contribution in [0.2, 0.25) is 0 Å². The third kappa shape index (κ3) is 5.03. The highest BCUT2D eigenvalue weighted by atomic mass is 32.2. The second-order valence-electron chi connectivity index (χ2n) is 8.29. The predicted molar refractivity (Wildman–Crippen MR) is 132 cm³/mol. The fraction of sp³-hybridized carbons (Fsp3) is 0.360. The molecule has 1 unspecified atom stereocenters. The van der Waals surface area contributed by atoms with Gasteiger partial charge >= 0.3 is 0 Å². The number of aromatic nitrogens is 1. The third-order valence-electron chi connectivity index (χ3n) is 6.00. The molecule has 1 aliphatic rings. The highest BCUT2D eigenvalue weighted by molar-refractivity contribution is 8.00. The first-order valence-corrected chi connectivity index (χ1v) is 13.2. The number of aryl methyl sites for hydroxylation is 1. The number of piperidine rings is 1. The van der Waals surface area contributed by atoms with Crippen LogP contribution in [0.3, 0.4) is 0 Å². The fourth-order valence-electron chi connectivity index (χ4n) is 4.35. The molecule has 172 valence electrons. The molecule has 4 aromatic rings. The molecule has 33 heavy (non-hydrogen) atoms. The van der Waals surface area contributed by atoms with Gasteiger partial charge in [-0.25, -0.2) is 4.98 Å². The minimum absolute atomic E-state index is 0.0183. The van der Waals surface area contributed by atoms with E-state index in [2.05, 4.69) is 15.2 Å². The van der Waals surface area contributed by atoms with E-state index in [1.165, 1.54) is 19.3 Å². The molecule has 5 rings (SSSR count). The number of nitrogens with one attached hydrogen (secondary N) is 1. The van der Waals surface area contributed by atoms with E-state index in [9.17, 15) is 4.79 Å². The van der Waals surface area contributed by atoms with Crippen molar-refractivity contribution in [2.45, 2.75) is 42.3 Å². The van der Waals surface area contributed by atoms with Crippen molar-refractivity contribution in [1.29, 1.82) is 0 Å². The number of benzene rings is 1. The van der Waals surface area contributed by atoms with Crippen LogP contribution in [0.5, 0.6) is 0 Å². The quantitative estimate of drug-likeness (QED) is 0.309. The Morgan fingerprint density at radius 1 is 1.21 bits per heavy atom. The van der Waals surface area contributed by atoms with E-state index in [1.54, 1.807) is 29.4 Å². The van der Waals surface area contributed by atoms with Crippen molar-refractivity contribution in [3.63, 3.8) is 0 Å². The number of thiazole rings is 1. The lowest BCUT2D eigenvalue weighted by molar-refractivity contribution is 0.0888. The van der Waals surface area contributed by atoms with E-state index >= 15 is 0 Å². The third-order valence-corrected chi connectivity index (χ3v) is 8.17. The summed E-state index contributed by atoms with van der Waals surface area (Å²) in [5.41, 5.74) is 2.65. The van der Waals surface area contributed by atoms with Crippen molar-refractivity contribution in [2.24, 2.45) is 0 Å². The van der Waals surface area contributed by atoms with Crippen LogP contribution >= 0.6 is 23.1 Å². The Kier molecular flexibility index (Phi) is 6.85. The van der Waals surface area contributed by atoms with Crippen LogP contribution in [0, 0.1) is 6.92 Å². The summed E-state index contributed by atoms with van der Waals surface area (Å²) < 4.78 is 12.8. The normalized spacial score (nSPS) is 15.7. The number of furan rings is 2. The number of amides is 1. The Bertz CT molecular complexity index is 1210. The van der Waals surface area contributed by atoms with Crippen LogP contribution in [0.15, 0.2) is 61.2 Å². The average Bonchev–Trinajstić information content (AvgIpc) is 3.59. The number of carbonyl (C=O) groups is 1. The van der Waals surface area contributed by atoms with Gasteiger partial charge in [0, 0.05) is 34.3 Å². The van der Waals surface area contributed by atoms with Crippen LogP contribution in [-0.2, 0) is 5.75 Å². The van der Waals surface area contributed by atoms with Gasteiger partial charge in [0.05, 0.1) is 12.3 Å². The molecule has 4 heterocycles. The molecule has 1 fully saturated rings. The van der Waals surface area contributed by atoms with Crippen LogP contribution in [0.1, 0.15) is 52.9 Å². The summed E-state index contributed by atoms with van der Waals surface area (Å²) in [4.78, 5) is 20.3. The minimum atomic E-state index is -0.189. The van der Waals surface area contributed by atoms with Gasteiger partial charge in [-0.05, 0) is 51.1 Å². The van der Waals surface area contributed by atoms with Crippen molar-refractivity contribution in [1.82, 2.24) is 15.2 Å². The Morgan fingerprint density at radius 3 is 2.82 bits per heavy atom. The summed E-state index contributed by atoms with van der Waals surface area (Å²) in [6, 6.07) is 11.7. The van der Waals surface area contributed by atoms with E-state index < -0.39 is 0 Å². The van der Waals surface area contributed by atoms with E-state index in [4.69, 9.17) is 8.83 Å². The Morgan fingerprint density at radius 2 is 2.06 bits per heavy atom. The van der Waals surface area contributed by atoms with Gasteiger partial charge in [-0.2, -0.15) is 0 Å². The van der Waals surface area contributed by atoms with Crippen LogP contribution in [-0.4, -0.2) is 35.4 Å². The Balaban J connectivity index is 1.36.